The van der Waals surface area contributed by atoms with Gasteiger partial charge in [0.2, 0.25) is 0 Å². The summed E-state index contributed by atoms with van der Waals surface area (Å²) in [6.45, 7) is 6.91. The Morgan fingerprint density at radius 1 is 1.29 bits per heavy atom. The first-order chi connectivity index (χ1) is 8.11. The van der Waals surface area contributed by atoms with Gasteiger partial charge < -0.3 is 10.6 Å². The molecule has 0 saturated carbocycles. The lowest BCUT2D eigenvalue weighted by Gasteiger charge is -2.09. The third kappa shape index (κ3) is 5.61. The average Bonchev–Trinajstić information content (AvgIpc) is 2.28. The van der Waals surface area contributed by atoms with E-state index in [1.54, 1.807) is 6.07 Å². The molecule has 0 spiro atoms. The molecule has 96 valence electrons. The quantitative estimate of drug-likeness (QED) is 0.757. The smallest absolute Gasteiger partial charge is 0.137 e. The molecule has 4 heteroatoms. The van der Waals surface area contributed by atoms with Crippen molar-refractivity contribution in [1.82, 2.24) is 10.6 Å². The number of hydrogen-bond acceptors (Lipinski definition) is 2. The molecule has 0 aliphatic rings. The van der Waals surface area contributed by atoms with E-state index in [9.17, 15) is 4.39 Å². The summed E-state index contributed by atoms with van der Waals surface area (Å²) in [4.78, 5) is 0. The van der Waals surface area contributed by atoms with Gasteiger partial charge in [0, 0.05) is 12.6 Å². The van der Waals surface area contributed by atoms with Crippen LogP contribution in [0.25, 0.3) is 0 Å². The standard InChI is InChI=1S/C13H20BrFN2/c1-10(2)17-8-4-7-16-9-11-5-3-6-12(15)13(11)14/h3,5-6,10,16-17H,4,7-9H2,1-2H3. The van der Waals surface area contributed by atoms with Gasteiger partial charge >= 0.3 is 0 Å². The van der Waals surface area contributed by atoms with Crippen LogP contribution in [0.2, 0.25) is 0 Å². The molecule has 0 amide bonds. The van der Waals surface area contributed by atoms with E-state index in [4.69, 9.17) is 0 Å². The van der Waals surface area contributed by atoms with Gasteiger partial charge in [-0.3, -0.25) is 0 Å². The lowest BCUT2D eigenvalue weighted by Crippen LogP contribution is -2.26. The van der Waals surface area contributed by atoms with Crippen LogP contribution in [-0.4, -0.2) is 19.1 Å². The van der Waals surface area contributed by atoms with Crippen molar-refractivity contribution < 1.29 is 4.39 Å². The van der Waals surface area contributed by atoms with Crippen molar-refractivity contribution >= 4 is 15.9 Å². The molecule has 1 aromatic rings. The Morgan fingerprint density at radius 3 is 2.76 bits per heavy atom. The van der Waals surface area contributed by atoms with Gasteiger partial charge in [-0.2, -0.15) is 0 Å². The van der Waals surface area contributed by atoms with Crippen molar-refractivity contribution in [2.75, 3.05) is 13.1 Å². The molecule has 2 nitrogen and oxygen atoms in total. The number of hydrogen-bond donors (Lipinski definition) is 2. The summed E-state index contributed by atoms with van der Waals surface area (Å²) in [6.07, 6.45) is 1.07. The minimum atomic E-state index is -0.203. The van der Waals surface area contributed by atoms with Crippen molar-refractivity contribution in [3.05, 3.63) is 34.1 Å². The number of nitrogens with one attached hydrogen (secondary N) is 2. The molecule has 0 aliphatic carbocycles. The molecular formula is C13H20BrFN2. The third-order valence-electron chi connectivity index (χ3n) is 2.43. The second-order valence-corrected chi connectivity index (χ2v) is 5.15. The van der Waals surface area contributed by atoms with E-state index >= 15 is 0 Å². The summed E-state index contributed by atoms with van der Waals surface area (Å²) in [7, 11) is 0. The maximum absolute atomic E-state index is 13.2. The van der Waals surface area contributed by atoms with Gasteiger partial charge in [0.15, 0.2) is 0 Å². The lowest BCUT2D eigenvalue weighted by molar-refractivity contribution is 0.546. The molecular weight excluding hydrogens is 283 g/mol. The molecule has 0 unspecified atom stereocenters. The van der Waals surface area contributed by atoms with E-state index in [1.165, 1.54) is 6.07 Å². The number of halogens is 2. The second-order valence-electron chi connectivity index (χ2n) is 4.35. The summed E-state index contributed by atoms with van der Waals surface area (Å²) >= 11 is 3.25. The van der Waals surface area contributed by atoms with E-state index in [1.807, 2.05) is 6.07 Å². The first-order valence-corrected chi connectivity index (χ1v) is 6.77. The van der Waals surface area contributed by atoms with Crippen LogP contribution >= 0.6 is 15.9 Å². The van der Waals surface area contributed by atoms with Gasteiger partial charge in [-0.1, -0.05) is 26.0 Å². The van der Waals surface area contributed by atoms with Crippen LogP contribution in [0, 0.1) is 5.82 Å². The predicted molar refractivity (Wildman–Crippen MR) is 73.6 cm³/mol. The van der Waals surface area contributed by atoms with Crippen molar-refractivity contribution in [2.45, 2.75) is 32.9 Å². The third-order valence-corrected chi connectivity index (χ3v) is 3.32. The van der Waals surface area contributed by atoms with Gasteiger partial charge in [-0.25, -0.2) is 4.39 Å². The fourth-order valence-electron chi connectivity index (χ4n) is 1.51. The molecule has 0 radical (unpaired) electrons. The molecule has 2 N–H and O–H groups in total. The molecule has 0 aromatic heterocycles. The minimum Gasteiger partial charge on any atom is -0.314 e. The van der Waals surface area contributed by atoms with E-state index in [0.717, 1.165) is 25.1 Å². The molecule has 0 saturated heterocycles. The molecule has 1 rings (SSSR count). The van der Waals surface area contributed by atoms with Crippen LogP contribution in [0.1, 0.15) is 25.8 Å². The normalized spacial score (nSPS) is 11.1. The van der Waals surface area contributed by atoms with Gasteiger partial charge in [0.1, 0.15) is 5.82 Å². The average molecular weight is 303 g/mol. The van der Waals surface area contributed by atoms with Crippen LogP contribution in [0.3, 0.4) is 0 Å². The summed E-state index contributed by atoms with van der Waals surface area (Å²) < 4.78 is 13.8. The van der Waals surface area contributed by atoms with Crippen LogP contribution < -0.4 is 10.6 Å². The fraction of sp³-hybridized carbons (Fsp3) is 0.538. The van der Waals surface area contributed by atoms with E-state index in [-0.39, 0.29) is 5.82 Å². The maximum atomic E-state index is 13.2. The highest BCUT2D eigenvalue weighted by molar-refractivity contribution is 9.10. The zero-order valence-corrected chi connectivity index (χ0v) is 12.0. The van der Waals surface area contributed by atoms with Gasteiger partial charge in [0.25, 0.3) is 0 Å². The Labute approximate surface area is 111 Å². The van der Waals surface area contributed by atoms with Crippen LogP contribution in [0.5, 0.6) is 0 Å². The summed E-state index contributed by atoms with van der Waals surface area (Å²) in [5.41, 5.74) is 0.960. The Hall–Kier alpha value is -0.450. The summed E-state index contributed by atoms with van der Waals surface area (Å²) in [5, 5.41) is 6.66. The topological polar surface area (TPSA) is 24.1 Å². The van der Waals surface area contributed by atoms with Gasteiger partial charge in [0.05, 0.1) is 4.47 Å². The molecule has 1 aromatic carbocycles. The SMILES string of the molecule is CC(C)NCCCNCc1cccc(F)c1Br. The highest BCUT2D eigenvalue weighted by Crippen LogP contribution is 2.19. The van der Waals surface area contributed by atoms with E-state index < -0.39 is 0 Å². The molecule has 0 aliphatic heterocycles. The van der Waals surface area contributed by atoms with Crippen molar-refractivity contribution in [3.8, 4) is 0 Å². The Morgan fingerprint density at radius 2 is 2.06 bits per heavy atom. The van der Waals surface area contributed by atoms with Gasteiger partial charge in [-0.15, -0.1) is 0 Å². The Kier molecular flexibility index (Phi) is 6.70. The monoisotopic (exact) mass is 302 g/mol. The van der Waals surface area contributed by atoms with E-state index in [2.05, 4.69) is 40.4 Å². The lowest BCUT2D eigenvalue weighted by atomic mass is 10.2. The van der Waals surface area contributed by atoms with Crippen molar-refractivity contribution in [2.24, 2.45) is 0 Å². The minimum absolute atomic E-state index is 0.203. The molecule has 0 heterocycles. The zero-order valence-electron chi connectivity index (χ0n) is 10.4. The van der Waals surface area contributed by atoms with Crippen molar-refractivity contribution in [3.63, 3.8) is 0 Å². The molecule has 0 atom stereocenters. The molecule has 17 heavy (non-hydrogen) atoms. The first-order valence-electron chi connectivity index (χ1n) is 5.98. The van der Waals surface area contributed by atoms with Gasteiger partial charge in [-0.05, 0) is 47.1 Å². The highest BCUT2D eigenvalue weighted by Gasteiger charge is 2.03. The Balaban J connectivity index is 2.20. The highest BCUT2D eigenvalue weighted by atomic mass is 79.9. The number of benzene rings is 1. The van der Waals surface area contributed by atoms with Crippen molar-refractivity contribution in [1.29, 1.82) is 0 Å². The molecule has 0 fully saturated rings. The van der Waals surface area contributed by atoms with E-state index in [0.29, 0.717) is 17.1 Å². The second kappa shape index (κ2) is 7.80. The maximum Gasteiger partial charge on any atom is 0.137 e. The first kappa shape index (κ1) is 14.6. The summed E-state index contributed by atoms with van der Waals surface area (Å²) in [5.74, 6) is -0.203. The van der Waals surface area contributed by atoms with Crippen LogP contribution in [0.15, 0.2) is 22.7 Å². The largest absolute Gasteiger partial charge is 0.314 e. The van der Waals surface area contributed by atoms with Crippen LogP contribution in [0.4, 0.5) is 4.39 Å². The molecule has 0 bridgehead atoms. The summed E-state index contributed by atoms with van der Waals surface area (Å²) in [6, 6.07) is 5.65. The number of rotatable bonds is 7. The zero-order chi connectivity index (χ0) is 12.7. The predicted octanol–water partition coefficient (Wildman–Crippen LogP) is 3.07. The Bertz CT molecular complexity index is 342. The van der Waals surface area contributed by atoms with Crippen LogP contribution in [-0.2, 0) is 6.54 Å². The fourth-order valence-corrected chi connectivity index (χ4v) is 1.92.